The molecule has 1 heterocycles. The van der Waals surface area contributed by atoms with E-state index in [1.165, 1.54) is 5.56 Å². The minimum atomic E-state index is -0.0399. The van der Waals surface area contributed by atoms with Gasteiger partial charge in [0.1, 0.15) is 0 Å². The summed E-state index contributed by atoms with van der Waals surface area (Å²) in [6.45, 7) is 1.41. The Morgan fingerprint density at radius 2 is 2.06 bits per heavy atom. The van der Waals surface area contributed by atoms with Crippen LogP contribution in [0.3, 0.4) is 0 Å². The van der Waals surface area contributed by atoms with E-state index in [1.807, 2.05) is 30.3 Å². The molecule has 1 fully saturated rings. The van der Waals surface area contributed by atoms with Crippen molar-refractivity contribution < 1.29 is 9.90 Å². The Labute approximate surface area is 101 Å². The number of aliphatic hydroxyl groups excluding tert-OH is 1. The van der Waals surface area contributed by atoms with E-state index in [9.17, 15) is 9.90 Å². The predicted molar refractivity (Wildman–Crippen MR) is 65.4 cm³/mol. The molecule has 1 amide bonds. The summed E-state index contributed by atoms with van der Waals surface area (Å²) in [4.78, 5) is 13.3. The molecule has 1 aromatic carbocycles. The van der Waals surface area contributed by atoms with Crippen LogP contribution in [0.4, 0.5) is 0 Å². The van der Waals surface area contributed by atoms with E-state index in [-0.39, 0.29) is 30.9 Å². The van der Waals surface area contributed by atoms with Crippen LogP contribution in [0.2, 0.25) is 0 Å². The van der Waals surface area contributed by atoms with Crippen LogP contribution in [0, 0.1) is 5.92 Å². The topological polar surface area (TPSA) is 66.6 Å². The second-order valence-corrected chi connectivity index (χ2v) is 4.46. The molecule has 3 N–H and O–H groups in total. The van der Waals surface area contributed by atoms with Gasteiger partial charge in [-0.15, -0.1) is 0 Å². The van der Waals surface area contributed by atoms with Crippen LogP contribution in [0.1, 0.15) is 11.5 Å². The molecule has 1 saturated heterocycles. The molecule has 0 saturated carbocycles. The summed E-state index contributed by atoms with van der Waals surface area (Å²) in [5.41, 5.74) is 6.55. The van der Waals surface area contributed by atoms with Crippen molar-refractivity contribution in [2.75, 3.05) is 26.2 Å². The number of aliphatic hydroxyl groups is 1. The van der Waals surface area contributed by atoms with E-state index >= 15 is 0 Å². The second-order valence-electron chi connectivity index (χ2n) is 4.46. The van der Waals surface area contributed by atoms with Crippen molar-refractivity contribution in [3.05, 3.63) is 35.9 Å². The fourth-order valence-corrected chi connectivity index (χ4v) is 2.47. The third-order valence-corrected chi connectivity index (χ3v) is 3.43. The van der Waals surface area contributed by atoms with Gasteiger partial charge in [0.05, 0.1) is 6.54 Å². The van der Waals surface area contributed by atoms with Gasteiger partial charge in [-0.2, -0.15) is 0 Å². The summed E-state index contributed by atoms with van der Waals surface area (Å²) in [6.07, 6.45) is 0. The van der Waals surface area contributed by atoms with Crippen LogP contribution >= 0.6 is 0 Å². The molecule has 0 radical (unpaired) electrons. The molecule has 1 aliphatic heterocycles. The SMILES string of the molecule is NCC(=O)N1C[C@@H](CO)[C@@H](c2ccccc2)C1. The molecule has 92 valence electrons. The highest BCUT2D eigenvalue weighted by atomic mass is 16.3. The molecule has 4 heteroatoms. The maximum atomic E-state index is 11.6. The first kappa shape index (κ1) is 12.1. The van der Waals surface area contributed by atoms with Crippen molar-refractivity contribution in [2.24, 2.45) is 11.7 Å². The average molecular weight is 234 g/mol. The summed E-state index contributed by atoms with van der Waals surface area (Å²) in [6, 6.07) is 10.0. The molecule has 0 aromatic heterocycles. The molecule has 2 rings (SSSR count). The normalized spacial score (nSPS) is 24.0. The molecule has 0 bridgehead atoms. The van der Waals surface area contributed by atoms with E-state index in [0.29, 0.717) is 13.1 Å². The smallest absolute Gasteiger partial charge is 0.236 e. The van der Waals surface area contributed by atoms with E-state index in [2.05, 4.69) is 0 Å². The lowest BCUT2D eigenvalue weighted by Crippen LogP contribution is -2.34. The lowest BCUT2D eigenvalue weighted by atomic mass is 9.90. The number of likely N-dealkylation sites (tertiary alicyclic amines) is 1. The van der Waals surface area contributed by atoms with E-state index in [4.69, 9.17) is 5.73 Å². The monoisotopic (exact) mass is 234 g/mol. The van der Waals surface area contributed by atoms with Crippen LogP contribution in [-0.2, 0) is 4.79 Å². The number of nitrogens with zero attached hydrogens (tertiary/aromatic N) is 1. The van der Waals surface area contributed by atoms with Crippen LogP contribution in [-0.4, -0.2) is 42.2 Å². The van der Waals surface area contributed by atoms with Crippen molar-refractivity contribution in [3.63, 3.8) is 0 Å². The first-order valence-electron chi connectivity index (χ1n) is 5.90. The predicted octanol–water partition coefficient (Wildman–Crippen LogP) is 0.180. The van der Waals surface area contributed by atoms with Crippen molar-refractivity contribution >= 4 is 5.91 Å². The van der Waals surface area contributed by atoms with Gasteiger partial charge < -0.3 is 15.7 Å². The van der Waals surface area contributed by atoms with E-state index in [0.717, 1.165) is 0 Å². The van der Waals surface area contributed by atoms with Gasteiger partial charge in [0.25, 0.3) is 0 Å². The Bertz CT molecular complexity index is 380. The molecule has 4 nitrogen and oxygen atoms in total. The Balaban J connectivity index is 2.15. The molecule has 17 heavy (non-hydrogen) atoms. The minimum Gasteiger partial charge on any atom is -0.396 e. The number of rotatable bonds is 3. The highest BCUT2D eigenvalue weighted by Crippen LogP contribution is 2.32. The fourth-order valence-electron chi connectivity index (χ4n) is 2.47. The van der Waals surface area contributed by atoms with Crippen molar-refractivity contribution in [1.29, 1.82) is 0 Å². The molecule has 0 unspecified atom stereocenters. The number of nitrogens with two attached hydrogens (primary N) is 1. The molecule has 2 atom stereocenters. The van der Waals surface area contributed by atoms with Gasteiger partial charge in [-0.05, 0) is 5.56 Å². The first-order valence-corrected chi connectivity index (χ1v) is 5.90. The standard InChI is InChI=1S/C13H18N2O2/c14-6-13(17)15-7-11(9-16)12(8-15)10-4-2-1-3-5-10/h1-5,11-12,16H,6-9,14H2/t11-,12+/m0/s1. The van der Waals surface area contributed by atoms with Gasteiger partial charge in [0.2, 0.25) is 5.91 Å². The maximum Gasteiger partial charge on any atom is 0.236 e. The molecular formula is C13H18N2O2. The number of hydrogen-bond acceptors (Lipinski definition) is 3. The van der Waals surface area contributed by atoms with Gasteiger partial charge in [0.15, 0.2) is 0 Å². The molecule has 1 aromatic rings. The molecule has 0 spiro atoms. The number of carbonyl (C=O) groups is 1. The van der Waals surface area contributed by atoms with Crippen LogP contribution in [0.25, 0.3) is 0 Å². The third kappa shape index (κ3) is 2.48. The number of benzene rings is 1. The molecule has 0 aliphatic carbocycles. The summed E-state index contributed by atoms with van der Waals surface area (Å²) >= 11 is 0. The average Bonchev–Trinajstić information content (AvgIpc) is 2.83. The van der Waals surface area contributed by atoms with E-state index in [1.54, 1.807) is 4.90 Å². The minimum absolute atomic E-state index is 0.0399. The lowest BCUT2D eigenvalue weighted by molar-refractivity contribution is -0.128. The van der Waals surface area contributed by atoms with Crippen molar-refractivity contribution in [1.82, 2.24) is 4.90 Å². The number of hydrogen-bond donors (Lipinski definition) is 2. The maximum absolute atomic E-state index is 11.6. The fraction of sp³-hybridized carbons (Fsp3) is 0.462. The van der Waals surface area contributed by atoms with Crippen molar-refractivity contribution in [2.45, 2.75) is 5.92 Å². The van der Waals surface area contributed by atoms with Crippen LogP contribution in [0.15, 0.2) is 30.3 Å². The molecule has 1 aliphatic rings. The van der Waals surface area contributed by atoms with E-state index < -0.39 is 0 Å². The Morgan fingerprint density at radius 1 is 1.35 bits per heavy atom. The Kier molecular flexibility index (Phi) is 3.76. The first-order chi connectivity index (χ1) is 8.26. The number of carbonyl (C=O) groups excluding carboxylic acids is 1. The van der Waals surface area contributed by atoms with Gasteiger partial charge in [-0.25, -0.2) is 0 Å². The zero-order valence-corrected chi connectivity index (χ0v) is 9.75. The van der Waals surface area contributed by atoms with Crippen molar-refractivity contribution in [3.8, 4) is 0 Å². The summed E-state index contributed by atoms with van der Waals surface area (Å²) in [7, 11) is 0. The Morgan fingerprint density at radius 3 is 2.65 bits per heavy atom. The quantitative estimate of drug-likeness (QED) is 0.784. The van der Waals surface area contributed by atoms with Gasteiger partial charge in [-0.1, -0.05) is 30.3 Å². The summed E-state index contributed by atoms with van der Waals surface area (Å²) in [5, 5.41) is 9.40. The van der Waals surface area contributed by atoms with Crippen LogP contribution in [0.5, 0.6) is 0 Å². The van der Waals surface area contributed by atoms with Gasteiger partial charge in [-0.3, -0.25) is 4.79 Å². The molecular weight excluding hydrogens is 216 g/mol. The zero-order valence-electron chi connectivity index (χ0n) is 9.75. The highest BCUT2D eigenvalue weighted by Gasteiger charge is 2.34. The summed E-state index contributed by atoms with van der Waals surface area (Å²) < 4.78 is 0. The number of amides is 1. The highest BCUT2D eigenvalue weighted by molar-refractivity contribution is 5.78. The third-order valence-electron chi connectivity index (χ3n) is 3.43. The second kappa shape index (κ2) is 5.29. The van der Waals surface area contributed by atoms with Crippen LogP contribution < -0.4 is 5.73 Å². The largest absolute Gasteiger partial charge is 0.396 e. The van der Waals surface area contributed by atoms with Gasteiger partial charge >= 0.3 is 0 Å². The van der Waals surface area contributed by atoms with Gasteiger partial charge in [0, 0.05) is 31.5 Å². The summed E-state index contributed by atoms with van der Waals surface area (Å²) in [5.74, 6) is 0.298. The zero-order chi connectivity index (χ0) is 12.3. The lowest BCUT2D eigenvalue weighted by Gasteiger charge is -2.16. The Hall–Kier alpha value is -1.39.